The number of carbonyl (C=O) groups is 5. The Morgan fingerprint density at radius 1 is 1.02 bits per heavy atom. The van der Waals surface area contributed by atoms with Gasteiger partial charge in [-0.25, -0.2) is 13.2 Å². The Balaban J connectivity index is 1.30. The predicted molar refractivity (Wildman–Crippen MR) is 165 cm³/mol. The first-order chi connectivity index (χ1) is 20.9. The number of amides is 5. The Kier molecular flexibility index (Phi) is 8.33. The summed E-state index contributed by atoms with van der Waals surface area (Å²) in [5, 5.41) is 8.35. The van der Waals surface area contributed by atoms with E-state index >= 15 is 0 Å². The molecule has 5 atom stereocenters. The maximum Gasteiger partial charge on any atom is 0.315 e. The highest BCUT2D eigenvalue weighted by Gasteiger charge is 2.70. The van der Waals surface area contributed by atoms with E-state index < -0.39 is 68.5 Å². The predicted octanol–water partition coefficient (Wildman–Crippen LogP) is 1.53. The lowest BCUT2D eigenvalue weighted by atomic mass is 9.85. The van der Waals surface area contributed by atoms with E-state index in [0.717, 1.165) is 12.8 Å². The number of likely N-dealkylation sites (tertiary alicyclic amines) is 1. The number of hydrogen-bond acceptors (Lipinski definition) is 7. The van der Waals surface area contributed by atoms with Gasteiger partial charge in [-0.1, -0.05) is 65.7 Å². The first kappa shape index (κ1) is 32.9. The molecule has 1 aromatic rings. The molecule has 45 heavy (non-hydrogen) atoms. The molecule has 3 saturated carbocycles. The second-order valence-corrected chi connectivity index (χ2v) is 17.1. The van der Waals surface area contributed by atoms with E-state index in [0.29, 0.717) is 25.8 Å². The zero-order valence-corrected chi connectivity index (χ0v) is 27.4. The molecule has 5 amide bonds. The maximum absolute atomic E-state index is 14.2. The number of rotatable bonds is 12. The van der Waals surface area contributed by atoms with Gasteiger partial charge in [0.05, 0.1) is 22.2 Å². The van der Waals surface area contributed by atoms with Gasteiger partial charge in [0.1, 0.15) is 12.1 Å². The molecule has 4 fully saturated rings. The number of nitrogens with one attached hydrogen (secondary N) is 3. The van der Waals surface area contributed by atoms with Crippen molar-refractivity contribution in [2.45, 2.75) is 95.3 Å². The van der Waals surface area contributed by atoms with Crippen LogP contribution in [0.25, 0.3) is 0 Å². The molecule has 1 aliphatic heterocycles. The lowest BCUT2D eigenvalue weighted by Gasteiger charge is -2.38. The quantitative estimate of drug-likeness (QED) is 0.249. The normalized spacial score (nSPS) is 25.7. The van der Waals surface area contributed by atoms with Gasteiger partial charge in [0.15, 0.2) is 9.84 Å². The molecular weight excluding hydrogens is 598 g/mol. The van der Waals surface area contributed by atoms with E-state index in [9.17, 15) is 32.4 Å². The SMILES string of the molecule is CC1(C)C2CN(C(=O)[C@@H](NC(=O)NC3(CS(=O)(=O)c4ccccc4)CC3)C(C)(C)C)[C@H](C(=O)NC(CC3CC3)C(=O)C(N)=O)C21. The number of sulfone groups is 1. The van der Waals surface area contributed by atoms with Crippen LogP contribution in [0.4, 0.5) is 4.79 Å². The second kappa shape index (κ2) is 11.4. The average Bonchev–Trinajstić information content (AvgIpc) is 3.91. The Hall–Kier alpha value is -3.48. The summed E-state index contributed by atoms with van der Waals surface area (Å²) in [6.07, 6.45) is 3.11. The first-order valence-corrected chi connectivity index (χ1v) is 17.3. The maximum atomic E-state index is 14.2. The van der Waals surface area contributed by atoms with E-state index in [4.69, 9.17) is 5.73 Å². The van der Waals surface area contributed by atoms with E-state index in [2.05, 4.69) is 16.0 Å². The van der Waals surface area contributed by atoms with Crippen LogP contribution in [0.15, 0.2) is 35.2 Å². The number of carbonyl (C=O) groups excluding carboxylic acids is 5. The molecule has 3 unspecified atom stereocenters. The number of nitrogens with two attached hydrogens (primary N) is 1. The first-order valence-electron chi connectivity index (χ1n) is 15.7. The van der Waals surface area contributed by atoms with Crippen molar-refractivity contribution in [2.24, 2.45) is 34.3 Å². The summed E-state index contributed by atoms with van der Waals surface area (Å²) in [4.78, 5) is 67.3. The number of ketones is 1. The van der Waals surface area contributed by atoms with Crippen molar-refractivity contribution >= 4 is 39.4 Å². The van der Waals surface area contributed by atoms with Gasteiger partial charge in [-0.3, -0.25) is 19.2 Å². The molecule has 246 valence electrons. The second-order valence-electron chi connectivity index (χ2n) is 15.1. The number of urea groups is 1. The van der Waals surface area contributed by atoms with Gasteiger partial charge in [-0.15, -0.1) is 0 Å². The lowest BCUT2D eigenvalue weighted by Crippen LogP contribution is -2.62. The highest BCUT2D eigenvalue weighted by atomic mass is 32.2. The minimum atomic E-state index is -3.66. The molecule has 1 saturated heterocycles. The third kappa shape index (κ3) is 6.87. The van der Waals surface area contributed by atoms with Crippen LogP contribution in [0, 0.1) is 28.6 Å². The third-order valence-electron chi connectivity index (χ3n) is 10.1. The third-order valence-corrected chi connectivity index (χ3v) is 12.0. The Labute approximate surface area is 264 Å². The van der Waals surface area contributed by atoms with Gasteiger partial charge < -0.3 is 26.6 Å². The zero-order valence-electron chi connectivity index (χ0n) is 26.6. The van der Waals surface area contributed by atoms with E-state index in [1.807, 2.05) is 13.8 Å². The summed E-state index contributed by atoms with van der Waals surface area (Å²) in [6.45, 7) is 9.78. The summed E-state index contributed by atoms with van der Waals surface area (Å²) in [7, 11) is -3.66. The largest absolute Gasteiger partial charge is 0.363 e. The summed E-state index contributed by atoms with van der Waals surface area (Å²) in [6, 6.07) is 4.42. The van der Waals surface area contributed by atoms with Crippen molar-refractivity contribution in [2.75, 3.05) is 12.3 Å². The Morgan fingerprint density at radius 2 is 1.64 bits per heavy atom. The average molecular weight is 644 g/mol. The highest BCUT2D eigenvalue weighted by Crippen LogP contribution is 2.65. The number of piperidine rings is 1. The molecule has 0 aromatic heterocycles. The van der Waals surface area contributed by atoms with Gasteiger partial charge in [-0.05, 0) is 60.0 Å². The van der Waals surface area contributed by atoms with Gasteiger partial charge in [0, 0.05) is 6.54 Å². The number of hydrogen-bond donors (Lipinski definition) is 4. The van der Waals surface area contributed by atoms with E-state index in [-0.39, 0.29) is 33.8 Å². The molecule has 5 N–H and O–H groups in total. The van der Waals surface area contributed by atoms with Crippen molar-refractivity contribution in [3.8, 4) is 0 Å². The minimum absolute atomic E-state index is 0.0540. The lowest BCUT2D eigenvalue weighted by molar-refractivity contribution is -0.145. The molecular formula is C32H45N5O7S. The number of nitrogens with zero attached hydrogens (tertiary/aromatic N) is 1. The van der Waals surface area contributed by atoms with Crippen molar-refractivity contribution in [1.82, 2.24) is 20.9 Å². The fourth-order valence-electron chi connectivity index (χ4n) is 6.91. The Morgan fingerprint density at radius 3 is 2.18 bits per heavy atom. The Bertz CT molecular complexity index is 1490. The van der Waals surface area contributed by atoms with Crippen LogP contribution in [0.2, 0.25) is 0 Å². The minimum Gasteiger partial charge on any atom is -0.363 e. The van der Waals surface area contributed by atoms with E-state index in [1.54, 1.807) is 39.0 Å². The number of fused-ring (bicyclic) bond motifs is 1. The fraction of sp³-hybridized carbons (Fsp3) is 0.656. The fourth-order valence-corrected chi connectivity index (χ4v) is 8.74. The van der Waals surface area contributed by atoms with Gasteiger partial charge in [-0.2, -0.15) is 0 Å². The van der Waals surface area contributed by atoms with Crippen LogP contribution >= 0.6 is 0 Å². The standard InChI is InChI=1S/C32H45N5O7S/c1-30(2,3)25(35-29(42)36-32(13-14-32)17-45(43,44)19-9-7-6-8-10-19)28(41)37-16-20-22(31(20,4)5)23(37)27(40)34-21(15-18-11-12-18)24(38)26(33)39/h6-10,18,20-23,25H,11-17H2,1-5H3,(H2,33,39)(H,34,40)(H2,35,36,42)/t20?,21?,22?,23-,25+/m0/s1. The molecule has 5 rings (SSSR count). The van der Waals surface area contributed by atoms with E-state index in [1.165, 1.54) is 17.0 Å². The van der Waals surface area contributed by atoms with Crippen LogP contribution in [0.5, 0.6) is 0 Å². The van der Waals surface area contributed by atoms with Crippen molar-refractivity contribution in [3.63, 3.8) is 0 Å². The molecule has 1 heterocycles. The molecule has 12 nitrogen and oxygen atoms in total. The topological polar surface area (TPSA) is 185 Å². The van der Waals surface area contributed by atoms with Gasteiger partial charge in [0.2, 0.25) is 17.6 Å². The monoisotopic (exact) mass is 643 g/mol. The zero-order chi connectivity index (χ0) is 33.1. The van der Waals surface area contributed by atoms with Crippen LogP contribution in [-0.4, -0.2) is 78.8 Å². The molecule has 0 bridgehead atoms. The molecule has 13 heteroatoms. The highest BCUT2D eigenvalue weighted by molar-refractivity contribution is 7.91. The van der Waals surface area contributed by atoms with Crippen LogP contribution in [0.3, 0.4) is 0 Å². The summed E-state index contributed by atoms with van der Waals surface area (Å²) in [5.41, 5.74) is 3.37. The number of benzene rings is 1. The molecule has 0 radical (unpaired) electrons. The molecule has 1 aromatic carbocycles. The number of primary amides is 1. The van der Waals surface area contributed by atoms with Crippen LogP contribution < -0.4 is 21.7 Å². The van der Waals surface area contributed by atoms with Crippen molar-refractivity contribution in [3.05, 3.63) is 30.3 Å². The molecule has 4 aliphatic rings. The summed E-state index contributed by atoms with van der Waals surface area (Å²) >= 11 is 0. The van der Waals surface area contributed by atoms with Gasteiger partial charge >= 0.3 is 6.03 Å². The van der Waals surface area contributed by atoms with Crippen molar-refractivity contribution in [1.29, 1.82) is 0 Å². The van der Waals surface area contributed by atoms with Crippen molar-refractivity contribution < 1.29 is 32.4 Å². The van der Waals surface area contributed by atoms with Crippen LogP contribution in [-0.2, 0) is 29.0 Å². The smallest absolute Gasteiger partial charge is 0.315 e. The molecule has 3 aliphatic carbocycles. The summed E-state index contributed by atoms with van der Waals surface area (Å²) in [5.74, 6) is -3.05. The van der Waals surface area contributed by atoms with Gasteiger partial charge in [0.25, 0.3) is 5.91 Å². The molecule has 0 spiro atoms. The number of Topliss-reactive ketones (excluding diaryl/α,β-unsaturated/α-hetero) is 1. The summed E-state index contributed by atoms with van der Waals surface area (Å²) < 4.78 is 26.0. The van der Waals surface area contributed by atoms with Crippen LogP contribution in [0.1, 0.15) is 66.7 Å².